The van der Waals surface area contributed by atoms with E-state index in [9.17, 15) is 9.59 Å². The van der Waals surface area contributed by atoms with Crippen molar-refractivity contribution in [3.63, 3.8) is 0 Å². The largest absolute Gasteiger partial charge is 0.478 e. The normalized spacial score (nSPS) is 17.9. The summed E-state index contributed by atoms with van der Waals surface area (Å²) < 4.78 is 0. The smallest absolute Gasteiger partial charge is 0.339 e. The quantitative estimate of drug-likeness (QED) is 0.500. The van der Waals surface area contributed by atoms with E-state index in [1.165, 1.54) is 11.1 Å². The number of anilines is 1. The van der Waals surface area contributed by atoms with Gasteiger partial charge in [-0.05, 0) is 18.4 Å². The monoisotopic (exact) mass is 276 g/mol. The third-order valence-electron chi connectivity index (χ3n) is 3.05. The summed E-state index contributed by atoms with van der Waals surface area (Å²) in [5.74, 6) is -1.16. The van der Waals surface area contributed by atoms with Crippen molar-refractivity contribution in [3.05, 3.63) is 27.9 Å². The summed E-state index contributed by atoms with van der Waals surface area (Å²) in [6, 6.07) is 0. The highest BCUT2D eigenvalue weighted by Crippen LogP contribution is 2.23. The highest BCUT2D eigenvalue weighted by Gasteiger charge is 2.32. The molecule has 0 bridgehead atoms. The van der Waals surface area contributed by atoms with Gasteiger partial charge in [0.25, 0.3) is 0 Å². The Morgan fingerprint density at radius 2 is 2.45 bits per heavy atom. The summed E-state index contributed by atoms with van der Waals surface area (Å²) >= 11 is 0. The molecule has 1 aliphatic heterocycles. The van der Waals surface area contributed by atoms with Crippen molar-refractivity contribution >= 4 is 17.8 Å². The molecule has 1 unspecified atom stereocenters. The van der Waals surface area contributed by atoms with E-state index in [2.05, 4.69) is 20.0 Å². The molecule has 0 radical (unpaired) electrons. The van der Waals surface area contributed by atoms with Crippen molar-refractivity contribution in [1.82, 2.24) is 9.97 Å². The highest BCUT2D eigenvalue weighted by molar-refractivity contribution is 5.94. The minimum atomic E-state index is -1.11. The summed E-state index contributed by atoms with van der Waals surface area (Å²) in [5, 5.41) is 12.4. The van der Waals surface area contributed by atoms with Crippen molar-refractivity contribution in [2.75, 3.05) is 18.0 Å². The first-order valence-corrected chi connectivity index (χ1v) is 5.91. The maximum absolute atomic E-state index is 11.9. The fraction of sp³-hybridized carbons (Fsp3) is 0.455. The van der Waals surface area contributed by atoms with Crippen LogP contribution in [0.25, 0.3) is 10.4 Å². The zero-order valence-corrected chi connectivity index (χ0v) is 10.7. The van der Waals surface area contributed by atoms with Gasteiger partial charge in [0.2, 0.25) is 11.9 Å². The van der Waals surface area contributed by atoms with Gasteiger partial charge in [0.15, 0.2) is 0 Å². The van der Waals surface area contributed by atoms with Gasteiger partial charge >= 0.3 is 5.97 Å². The van der Waals surface area contributed by atoms with E-state index >= 15 is 0 Å². The molecule has 0 spiro atoms. The van der Waals surface area contributed by atoms with Crippen LogP contribution in [-0.4, -0.2) is 40.0 Å². The van der Waals surface area contributed by atoms with Crippen LogP contribution in [-0.2, 0) is 4.79 Å². The van der Waals surface area contributed by atoms with Crippen LogP contribution in [0.15, 0.2) is 11.3 Å². The Balaban J connectivity index is 2.20. The van der Waals surface area contributed by atoms with Crippen LogP contribution in [0.4, 0.5) is 5.95 Å². The lowest BCUT2D eigenvalue weighted by molar-refractivity contribution is -0.117. The van der Waals surface area contributed by atoms with Gasteiger partial charge in [-0.1, -0.05) is 5.11 Å². The van der Waals surface area contributed by atoms with E-state index in [-0.39, 0.29) is 36.3 Å². The average Bonchev–Trinajstić information content (AvgIpc) is 2.77. The molecular weight excluding hydrogens is 264 g/mol. The van der Waals surface area contributed by atoms with Gasteiger partial charge in [-0.2, -0.15) is 0 Å². The topological polar surface area (TPSA) is 132 Å². The van der Waals surface area contributed by atoms with E-state index in [1.807, 2.05) is 0 Å². The van der Waals surface area contributed by atoms with E-state index in [0.29, 0.717) is 12.2 Å². The number of aryl methyl sites for hydroxylation is 1. The Kier molecular flexibility index (Phi) is 3.81. The maximum atomic E-state index is 11.9. The number of rotatable bonds is 4. The van der Waals surface area contributed by atoms with Crippen molar-refractivity contribution in [3.8, 4) is 0 Å². The van der Waals surface area contributed by atoms with E-state index in [4.69, 9.17) is 10.6 Å². The third-order valence-corrected chi connectivity index (χ3v) is 3.05. The zero-order valence-electron chi connectivity index (χ0n) is 10.7. The van der Waals surface area contributed by atoms with Gasteiger partial charge < -0.3 is 5.11 Å². The molecule has 1 aromatic heterocycles. The molecule has 1 saturated heterocycles. The Hall–Kier alpha value is -2.67. The fourth-order valence-electron chi connectivity index (χ4n) is 2.04. The molecule has 1 aromatic rings. The highest BCUT2D eigenvalue weighted by atomic mass is 16.4. The third kappa shape index (κ3) is 2.67. The first-order chi connectivity index (χ1) is 9.52. The molecule has 1 N–H and O–H groups in total. The zero-order chi connectivity index (χ0) is 14.7. The minimum Gasteiger partial charge on any atom is -0.478 e. The first-order valence-electron chi connectivity index (χ1n) is 5.91. The number of azide groups is 1. The summed E-state index contributed by atoms with van der Waals surface area (Å²) in [6.45, 7) is 2.15. The molecule has 1 atom stereocenters. The molecule has 1 amide bonds. The van der Waals surface area contributed by atoms with Gasteiger partial charge in [0, 0.05) is 30.6 Å². The molecule has 2 rings (SSSR count). The number of nitrogens with zero attached hydrogens (tertiary/aromatic N) is 6. The predicted octanol–water partition coefficient (Wildman–Crippen LogP) is 1.15. The molecule has 0 aliphatic carbocycles. The number of carboxylic acids is 1. The van der Waals surface area contributed by atoms with E-state index in [0.717, 1.165) is 0 Å². The fourth-order valence-corrected chi connectivity index (χ4v) is 2.04. The lowest BCUT2D eigenvalue weighted by Crippen LogP contribution is -2.27. The molecule has 2 heterocycles. The van der Waals surface area contributed by atoms with Gasteiger partial charge in [-0.15, -0.1) is 0 Å². The maximum Gasteiger partial charge on any atom is 0.339 e. The molecule has 0 aromatic carbocycles. The lowest BCUT2D eigenvalue weighted by atomic mass is 10.1. The number of carbonyl (C=O) groups is 2. The average molecular weight is 276 g/mol. The Bertz CT molecular complexity index is 610. The van der Waals surface area contributed by atoms with Crippen LogP contribution in [0.3, 0.4) is 0 Å². The lowest BCUT2D eigenvalue weighted by Gasteiger charge is -2.14. The number of aromatic nitrogens is 2. The van der Waals surface area contributed by atoms with Crippen LogP contribution in [0.5, 0.6) is 0 Å². The molecule has 1 fully saturated rings. The second-order valence-electron chi connectivity index (χ2n) is 4.46. The van der Waals surface area contributed by atoms with Gasteiger partial charge in [0.05, 0.1) is 11.3 Å². The van der Waals surface area contributed by atoms with Gasteiger partial charge in [0.1, 0.15) is 0 Å². The van der Waals surface area contributed by atoms with E-state index < -0.39 is 5.97 Å². The second-order valence-corrected chi connectivity index (χ2v) is 4.46. The summed E-state index contributed by atoms with van der Waals surface area (Å²) in [4.78, 5) is 34.8. The number of carbonyl (C=O) groups excluding carboxylic acids is 1. The Labute approximate surface area is 113 Å². The number of amides is 1. The molecule has 20 heavy (non-hydrogen) atoms. The van der Waals surface area contributed by atoms with Crippen LogP contribution in [0, 0.1) is 12.8 Å². The molecule has 9 nitrogen and oxygen atoms in total. The van der Waals surface area contributed by atoms with Crippen molar-refractivity contribution < 1.29 is 14.7 Å². The predicted molar refractivity (Wildman–Crippen MR) is 68.2 cm³/mol. The number of aromatic carboxylic acids is 1. The summed E-state index contributed by atoms with van der Waals surface area (Å²) in [7, 11) is 0. The number of hydrogen-bond acceptors (Lipinski definition) is 5. The molecule has 9 heteroatoms. The standard InChI is InChI=1S/C11H12N6O3/c1-6-8(10(19)20)4-13-11(15-6)17-5-7(2-9(17)18)3-14-16-12/h4,7H,2-3,5H2,1H3,(H,19,20). The Morgan fingerprint density at radius 3 is 3.05 bits per heavy atom. The SMILES string of the molecule is Cc1nc(N2CC(CN=[N+]=[N-])CC2=O)ncc1C(=O)O. The molecule has 104 valence electrons. The van der Waals surface area contributed by atoms with Gasteiger partial charge in [-0.25, -0.2) is 14.8 Å². The van der Waals surface area contributed by atoms with Crippen molar-refractivity contribution in [2.45, 2.75) is 13.3 Å². The number of carboxylic acid groups (broad SMARTS) is 1. The second kappa shape index (κ2) is 5.54. The van der Waals surface area contributed by atoms with Crippen LogP contribution in [0.1, 0.15) is 22.5 Å². The van der Waals surface area contributed by atoms with Gasteiger partial charge in [-0.3, -0.25) is 9.69 Å². The van der Waals surface area contributed by atoms with Crippen molar-refractivity contribution in [1.29, 1.82) is 0 Å². The minimum absolute atomic E-state index is 0.00558. The van der Waals surface area contributed by atoms with Crippen LogP contribution >= 0.6 is 0 Å². The summed E-state index contributed by atoms with van der Waals surface area (Å²) in [6.07, 6.45) is 1.45. The Morgan fingerprint density at radius 1 is 1.70 bits per heavy atom. The van der Waals surface area contributed by atoms with E-state index in [1.54, 1.807) is 6.92 Å². The van der Waals surface area contributed by atoms with Crippen molar-refractivity contribution in [2.24, 2.45) is 11.0 Å². The molecular formula is C11H12N6O3. The number of hydrogen-bond donors (Lipinski definition) is 1. The van der Waals surface area contributed by atoms with Crippen LogP contribution in [0.2, 0.25) is 0 Å². The summed E-state index contributed by atoms with van der Waals surface area (Å²) in [5.41, 5.74) is 8.58. The molecule has 1 aliphatic rings. The first kappa shape index (κ1) is 13.8. The molecule has 0 saturated carbocycles. The van der Waals surface area contributed by atoms with Crippen LogP contribution < -0.4 is 4.90 Å².